The lowest BCUT2D eigenvalue weighted by Gasteiger charge is -2.24. The molecule has 0 atom stereocenters. The van der Waals surface area contributed by atoms with Crippen molar-refractivity contribution in [2.24, 2.45) is 0 Å². The molecule has 194 valence electrons. The van der Waals surface area contributed by atoms with Gasteiger partial charge in [0.25, 0.3) is 0 Å². The maximum atomic E-state index is 11.9. The molecule has 0 saturated heterocycles. The highest BCUT2D eigenvalue weighted by atomic mass is 33.1. The zero-order valence-corrected chi connectivity index (χ0v) is 22.0. The summed E-state index contributed by atoms with van der Waals surface area (Å²) in [5.41, 5.74) is 14.6. The van der Waals surface area contributed by atoms with Crippen molar-refractivity contribution in [2.45, 2.75) is 39.8 Å². The van der Waals surface area contributed by atoms with Gasteiger partial charge in [0.05, 0.1) is 13.1 Å². The van der Waals surface area contributed by atoms with E-state index in [2.05, 4.69) is 9.97 Å². The van der Waals surface area contributed by atoms with Crippen LogP contribution in [0.1, 0.15) is 37.8 Å². The number of aliphatic hydroxyl groups is 2. The molecule has 10 nitrogen and oxygen atoms in total. The van der Waals surface area contributed by atoms with Crippen LogP contribution < -0.4 is 11.5 Å². The minimum atomic E-state index is -0.110. The molecule has 2 amide bonds. The first-order chi connectivity index (χ1) is 17.4. The second kappa shape index (κ2) is 15.1. The van der Waals surface area contributed by atoms with Crippen LogP contribution >= 0.6 is 21.6 Å². The van der Waals surface area contributed by atoms with E-state index >= 15 is 0 Å². The van der Waals surface area contributed by atoms with Crippen LogP contribution in [0.25, 0.3) is 0 Å². The highest BCUT2D eigenvalue weighted by Crippen LogP contribution is 2.42. The summed E-state index contributed by atoms with van der Waals surface area (Å²) in [6, 6.07) is 7.10. The highest BCUT2D eigenvalue weighted by molar-refractivity contribution is 8.79. The molecule has 0 fully saturated rings. The molecule has 2 heterocycles. The Kier molecular flexibility index (Phi) is 12.3. The molecule has 2 aromatic rings. The number of hydrogen-bond donors (Lipinski definition) is 4. The number of pyridine rings is 2. The number of rotatable bonds is 15. The van der Waals surface area contributed by atoms with Gasteiger partial charge in [0.2, 0.25) is 12.8 Å². The van der Waals surface area contributed by atoms with Gasteiger partial charge in [-0.15, -0.1) is 0 Å². The Hall–Kier alpha value is -3.06. The maximum Gasteiger partial charge on any atom is 0.214 e. The molecule has 0 spiro atoms. The predicted octanol–water partition coefficient (Wildman–Crippen LogP) is 2.87. The van der Waals surface area contributed by atoms with Gasteiger partial charge < -0.3 is 31.5 Å². The van der Waals surface area contributed by atoms with Crippen LogP contribution in [-0.4, -0.2) is 56.0 Å². The van der Waals surface area contributed by atoms with Crippen LogP contribution in [0, 0.1) is 0 Å². The molecular weight excluding hydrogens is 500 g/mol. The van der Waals surface area contributed by atoms with Gasteiger partial charge in [0, 0.05) is 70.8 Å². The number of anilines is 2. The third kappa shape index (κ3) is 8.26. The fraction of sp³-hybridized carbons (Fsp3) is 0.333. The van der Waals surface area contributed by atoms with Crippen molar-refractivity contribution in [3.63, 3.8) is 0 Å². The first-order valence-corrected chi connectivity index (χ1v) is 13.3. The normalized spacial score (nSPS) is 12.4. The van der Waals surface area contributed by atoms with Crippen LogP contribution in [0.2, 0.25) is 0 Å². The number of aromatic nitrogens is 2. The predicted molar refractivity (Wildman–Crippen MR) is 145 cm³/mol. The van der Waals surface area contributed by atoms with E-state index in [1.54, 1.807) is 50.5 Å². The van der Waals surface area contributed by atoms with Crippen LogP contribution in [0.15, 0.2) is 57.9 Å². The van der Waals surface area contributed by atoms with Crippen LogP contribution in [-0.2, 0) is 22.7 Å². The van der Waals surface area contributed by atoms with Gasteiger partial charge in [0.15, 0.2) is 0 Å². The lowest BCUT2D eigenvalue weighted by molar-refractivity contribution is -0.117. The molecule has 0 saturated carbocycles. The molecule has 0 radical (unpaired) electrons. The monoisotopic (exact) mass is 532 g/mol. The van der Waals surface area contributed by atoms with Gasteiger partial charge in [-0.2, -0.15) is 0 Å². The Morgan fingerprint density at radius 2 is 1.22 bits per heavy atom. The zero-order chi connectivity index (χ0) is 26.5. The van der Waals surface area contributed by atoms with Crippen molar-refractivity contribution in [3.05, 3.63) is 69.0 Å². The van der Waals surface area contributed by atoms with E-state index in [0.29, 0.717) is 59.8 Å². The third-order valence-corrected chi connectivity index (χ3v) is 8.32. The Morgan fingerprint density at radius 1 is 0.833 bits per heavy atom. The average Bonchev–Trinajstić information content (AvgIpc) is 2.88. The summed E-state index contributed by atoms with van der Waals surface area (Å²) in [5.74, 6) is 0.685. The number of nitrogens with zero attached hydrogens (tertiary/aromatic N) is 4. The molecule has 12 heteroatoms. The molecule has 0 aliphatic carbocycles. The van der Waals surface area contributed by atoms with E-state index in [-0.39, 0.29) is 26.3 Å². The van der Waals surface area contributed by atoms with E-state index in [0.717, 1.165) is 9.81 Å². The van der Waals surface area contributed by atoms with Gasteiger partial charge in [-0.3, -0.25) is 9.59 Å². The maximum absolute atomic E-state index is 11.9. The second-order valence-electron chi connectivity index (χ2n) is 7.69. The first-order valence-electron chi connectivity index (χ1n) is 11.1. The van der Waals surface area contributed by atoms with E-state index in [1.165, 1.54) is 31.4 Å². The number of carbonyl (C=O) groups is 2. The van der Waals surface area contributed by atoms with Crippen LogP contribution in [0.3, 0.4) is 0 Å². The lowest BCUT2D eigenvalue weighted by atomic mass is 10.2. The lowest BCUT2D eigenvalue weighted by Crippen LogP contribution is -2.22. The molecule has 0 bridgehead atoms. The summed E-state index contributed by atoms with van der Waals surface area (Å²) in [4.78, 5) is 36.5. The quantitative estimate of drug-likeness (QED) is 0.198. The van der Waals surface area contributed by atoms with Gasteiger partial charge in [-0.1, -0.05) is 33.7 Å². The van der Waals surface area contributed by atoms with Crippen molar-refractivity contribution in [3.8, 4) is 0 Å². The number of nitrogens with two attached hydrogens (primary N) is 2. The smallest absolute Gasteiger partial charge is 0.214 e. The van der Waals surface area contributed by atoms with Gasteiger partial charge in [-0.05, 0) is 26.0 Å². The van der Waals surface area contributed by atoms with Crippen molar-refractivity contribution >= 4 is 46.0 Å². The van der Waals surface area contributed by atoms with E-state index in [1.807, 2.05) is 0 Å². The van der Waals surface area contributed by atoms with Crippen molar-refractivity contribution in [2.75, 3.05) is 24.7 Å². The first kappa shape index (κ1) is 29.2. The molecule has 2 rings (SSSR count). The standard InChI is InChI=1S/C24H32N6O4S2/c1-17(29(15-33)13-19-5-3-9-27-23(19)25)21(7-11-31)35-36-22(8-12-32)18(2)30(16-34)14-20-6-4-10-28-24(20)26/h3-6,9-10,15-16,31-32H,7-8,11-14H2,1-2H3,(H2,25,27)(H2,26,28)/b21-17-,22-18-. The Bertz CT molecular complexity index is 1010. The second-order valence-corrected chi connectivity index (χ2v) is 10.0. The molecule has 0 unspecified atom stereocenters. The highest BCUT2D eigenvalue weighted by Gasteiger charge is 2.17. The molecule has 6 N–H and O–H groups in total. The number of aliphatic hydroxyl groups excluding tert-OH is 2. The zero-order valence-electron chi connectivity index (χ0n) is 20.3. The van der Waals surface area contributed by atoms with Gasteiger partial charge in [-0.25, -0.2) is 9.97 Å². The van der Waals surface area contributed by atoms with Crippen molar-refractivity contribution in [1.29, 1.82) is 0 Å². The summed E-state index contributed by atoms with van der Waals surface area (Å²) in [6.07, 6.45) is 5.24. The molecule has 0 aliphatic heterocycles. The molecular formula is C24H32N6O4S2. The van der Waals surface area contributed by atoms with E-state index in [4.69, 9.17) is 11.5 Å². The average molecular weight is 533 g/mol. The summed E-state index contributed by atoms with van der Waals surface area (Å²) >= 11 is 0. The number of amides is 2. The van der Waals surface area contributed by atoms with Crippen LogP contribution in [0.5, 0.6) is 0 Å². The van der Waals surface area contributed by atoms with Crippen molar-refractivity contribution in [1.82, 2.24) is 19.8 Å². The summed E-state index contributed by atoms with van der Waals surface area (Å²) in [6.45, 7) is 3.84. The third-order valence-electron chi connectivity index (χ3n) is 5.38. The Labute approximate surface area is 218 Å². The molecule has 36 heavy (non-hydrogen) atoms. The minimum absolute atomic E-state index is 0.110. The number of allylic oxidation sites excluding steroid dienone is 2. The van der Waals surface area contributed by atoms with Crippen LogP contribution in [0.4, 0.5) is 11.6 Å². The summed E-state index contributed by atoms with van der Waals surface area (Å²) < 4.78 is 0. The fourth-order valence-corrected chi connectivity index (χ4v) is 6.05. The number of nitrogen functional groups attached to an aromatic ring is 2. The fourth-order valence-electron chi connectivity index (χ4n) is 3.20. The minimum Gasteiger partial charge on any atom is -0.396 e. The van der Waals surface area contributed by atoms with E-state index in [9.17, 15) is 19.8 Å². The summed E-state index contributed by atoms with van der Waals surface area (Å²) in [5, 5.41) is 19.3. The molecule has 0 aromatic carbocycles. The number of hydrogen-bond acceptors (Lipinski definition) is 10. The Morgan fingerprint density at radius 3 is 1.53 bits per heavy atom. The van der Waals surface area contributed by atoms with Crippen molar-refractivity contribution < 1.29 is 19.8 Å². The molecule has 0 aliphatic rings. The topological polar surface area (TPSA) is 159 Å². The summed E-state index contributed by atoms with van der Waals surface area (Å²) in [7, 11) is 2.73. The van der Waals surface area contributed by atoms with E-state index < -0.39 is 0 Å². The SMILES string of the molecule is C/C(=C(\CCO)SS/C(CCO)=C(/C)N(C=O)Cc1cccnc1N)N(C=O)Cc1cccnc1N. The molecule has 2 aromatic heterocycles. The van der Waals surface area contributed by atoms with Gasteiger partial charge >= 0.3 is 0 Å². The largest absolute Gasteiger partial charge is 0.396 e. The van der Waals surface area contributed by atoms with Gasteiger partial charge in [0.1, 0.15) is 11.6 Å². The number of carbonyl (C=O) groups excluding carboxylic acids is 2. The Balaban J connectivity index is 2.28.